The van der Waals surface area contributed by atoms with Crippen LogP contribution in [-0.4, -0.2) is 65.7 Å². The van der Waals surface area contributed by atoms with Crippen LogP contribution < -0.4 is 5.73 Å². The summed E-state index contributed by atoms with van der Waals surface area (Å²) in [6.07, 6.45) is 46.0. The molecule has 0 aromatic rings. The number of carbonyl (C=O) groups excluding carboxylic acids is 3. The topological polar surface area (TPSA) is 189 Å². The molecule has 0 aliphatic rings. The summed E-state index contributed by atoms with van der Waals surface area (Å²) in [4.78, 5) is 57.9. The van der Waals surface area contributed by atoms with E-state index in [1.807, 2.05) is 24.3 Å². The summed E-state index contributed by atoms with van der Waals surface area (Å²) in [5.74, 6) is -2.52. The van der Waals surface area contributed by atoms with E-state index in [0.29, 0.717) is 25.7 Å². The van der Waals surface area contributed by atoms with Crippen LogP contribution in [0.2, 0.25) is 0 Å². The lowest BCUT2D eigenvalue weighted by molar-refractivity contribution is -0.161. The summed E-state index contributed by atoms with van der Waals surface area (Å²) in [5.41, 5.74) is 5.31. The van der Waals surface area contributed by atoms with Gasteiger partial charge in [0.25, 0.3) is 0 Å². The van der Waals surface area contributed by atoms with Gasteiger partial charge in [0.2, 0.25) is 0 Å². The molecular weight excluding hydrogens is 773 g/mol. The van der Waals surface area contributed by atoms with Crippen molar-refractivity contribution in [1.29, 1.82) is 0 Å². The number of ether oxygens (including phenoxy) is 2. The average molecular weight is 846 g/mol. The molecule has 0 saturated carbocycles. The number of carbonyl (C=O) groups is 4. The van der Waals surface area contributed by atoms with Gasteiger partial charge in [0, 0.05) is 19.3 Å². The summed E-state index contributed by atoms with van der Waals surface area (Å²) in [6, 6.07) is -1.56. The number of ketones is 1. The van der Waals surface area contributed by atoms with Crippen LogP contribution in [0.25, 0.3) is 0 Å². The van der Waals surface area contributed by atoms with Crippen LogP contribution in [-0.2, 0) is 42.3 Å². The molecule has 4 N–H and O–H groups in total. The minimum absolute atomic E-state index is 0.00538. The van der Waals surface area contributed by atoms with Crippen molar-refractivity contribution in [2.75, 3.05) is 19.8 Å². The second kappa shape index (κ2) is 39.5. The van der Waals surface area contributed by atoms with Gasteiger partial charge in [0.1, 0.15) is 12.6 Å². The smallest absolute Gasteiger partial charge is 0.472 e. The Bertz CT molecular complexity index is 1430. The first-order valence-corrected chi connectivity index (χ1v) is 22.7. The second-order valence-corrected chi connectivity index (χ2v) is 15.2. The summed E-state index contributed by atoms with van der Waals surface area (Å²) in [7, 11) is -4.77. The van der Waals surface area contributed by atoms with Crippen LogP contribution >= 0.6 is 7.82 Å². The predicted molar refractivity (Wildman–Crippen MR) is 235 cm³/mol. The van der Waals surface area contributed by atoms with E-state index in [0.717, 1.165) is 70.6 Å². The van der Waals surface area contributed by atoms with Crippen LogP contribution in [0.4, 0.5) is 0 Å². The molecule has 13 heteroatoms. The molecule has 1 unspecified atom stereocenters. The highest BCUT2D eigenvalue weighted by molar-refractivity contribution is 7.47. The van der Waals surface area contributed by atoms with Crippen molar-refractivity contribution in [2.45, 2.75) is 148 Å². The Labute approximate surface area is 353 Å². The third-order valence-corrected chi connectivity index (χ3v) is 9.26. The lowest BCUT2D eigenvalue weighted by atomic mass is 10.1. The Morgan fingerprint density at radius 2 is 1.14 bits per heavy atom. The summed E-state index contributed by atoms with van der Waals surface area (Å²) >= 11 is 0. The van der Waals surface area contributed by atoms with Gasteiger partial charge in [-0.1, -0.05) is 137 Å². The minimum atomic E-state index is -4.77. The van der Waals surface area contributed by atoms with E-state index in [-0.39, 0.29) is 18.6 Å². The highest BCUT2D eigenvalue weighted by atomic mass is 31.2. The quantitative estimate of drug-likeness (QED) is 0.0133. The Hall–Kier alpha value is -3.93. The normalized spacial score (nSPS) is 14.6. The molecule has 0 heterocycles. The average Bonchev–Trinajstić information content (AvgIpc) is 3.21. The maximum atomic E-state index is 12.6. The maximum Gasteiger partial charge on any atom is 0.472 e. The molecule has 0 bridgehead atoms. The molecule has 0 amide bonds. The van der Waals surface area contributed by atoms with Crippen molar-refractivity contribution in [2.24, 2.45) is 5.73 Å². The number of rotatable bonds is 38. The maximum absolute atomic E-state index is 12.6. The molecule has 0 radical (unpaired) electrons. The number of unbranched alkanes of at least 4 members (excludes halogenated alkanes) is 7. The third kappa shape index (κ3) is 39.3. The zero-order chi connectivity index (χ0) is 43.7. The number of phosphoric acid groups is 1. The lowest BCUT2D eigenvalue weighted by Crippen LogP contribution is -2.34. The van der Waals surface area contributed by atoms with Crippen molar-refractivity contribution < 1.29 is 52.3 Å². The molecule has 0 aromatic heterocycles. The van der Waals surface area contributed by atoms with Crippen molar-refractivity contribution in [3.8, 4) is 0 Å². The van der Waals surface area contributed by atoms with Gasteiger partial charge in [-0.2, -0.15) is 0 Å². The van der Waals surface area contributed by atoms with Gasteiger partial charge in [-0.25, -0.2) is 4.57 Å². The van der Waals surface area contributed by atoms with Crippen LogP contribution in [0.1, 0.15) is 136 Å². The number of hydrogen-bond acceptors (Lipinski definition) is 10. The fourth-order valence-electron chi connectivity index (χ4n) is 4.95. The monoisotopic (exact) mass is 845 g/mol. The highest BCUT2D eigenvalue weighted by Crippen LogP contribution is 2.43. The number of esters is 2. The van der Waals surface area contributed by atoms with Gasteiger partial charge >= 0.3 is 25.7 Å². The molecule has 12 nitrogen and oxygen atoms in total. The summed E-state index contributed by atoms with van der Waals surface area (Å²) in [5, 5.41) is 8.88. The van der Waals surface area contributed by atoms with Gasteiger partial charge in [-0.3, -0.25) is 28.2 Å². The molecule has 0 rings (SSSR count). The molecule has 0 spiro atoms. The van der Waals surface area contributed by atoms with Crippen molar-refractivity contribution >= 4 is 31.5 Å². The number of carboxylic acids is 1. The van der Waals surface area contributed by atoms with Gasteiger partial charge in [0.15, 0.2) is 11.9 Å². The van der Waals surface area contributed by atoms with Crippen molar-refractivity contribution in [3.63, 3.8) is 0 Å². The fourth-order valence-corrected chi connectivity index (χ4v) is 5.73. The predicted octanol–water partition coefficient (Wildman–Crippen LogP) is 10.5. The van der Waals surface area contributed by atoms with E-state index in [4.69, 9.17) is 24.8 Å². The van der Waals surface area contributed by atoms with E-state index < -0.39 is 57.7 Å². The van der Waals surface area contributed by atoms with Crippen LogP contribution in [0.5, 0.6) is 0 Å². The minimum Gasteiger partial charge on any atom is -0.480 e. The number of allylic oxidation sites excluding steroid dienone is 16. The SMILES string of the molecule is CC/C=C\C/C=C\C/C=C\C/C=C\C/C=C\C/C=C\CCC(=O)O[C@H](COC(=O)CCCCCCCC(=O)/C=C/C=C\CCCCC)COP(=O)(O)OC[C@H](N)C(=O)O. The number of aliphatic carboxylic acids is 1. The van der Waals surface area contributed by atoms with Crippen LogP contribution in [0, 0.1) is 0 Å². The van der Waals surface area contributed by atoms with Gasteiger partial charge in [0.05, 0.1) is 13.2 Å². The van der Waals surface area contributed by atoms with Crippen LogP contribution in [0.15, 0.2) is 97.2 Å². The molecular formula is C46H72NO11P. The van der Waals surface area contributed by atoms with E-state index in [1.54, 1.807) is 12.2 Å². The Balaban J connectivity index is 4.61. The molecule has 0 aliphatic carbocycles. The van der Waals surface area contributed by atoms with Crippen molar-refractivity contribution in [1.82, 2.24) is 0 Å². The molecule has 3 atom stereocenters. The van der Waals surface area contributed by atoms with Gasteiger partial charge < -0.3 is 25.2 Å². The summed E-state index contributed by atoms with van der Waals surface area (Å²) in [6.45, 7) is 2.41. The Morgan fingerprint density at radius 3 is 1.71 bits per heavy atom. The van der Waals surface area contributed by atoms with E-state index in [1.165, 1.54) is 12.8 Å². The van der Waals surface area contributed by atoms with E-state index in [2.05, 4.69) is 79.1 Å². The largest absolute Gasteiger partial charge is 0.480 e. The Morgan fingerprint density at radius 1 is 0.593 bits per heavy atom. The fraction of sp³-hybridized carbons (Fsp3) is 0.565. The Kier molecular flexibility index (Phi) is 36.9. The zero-order valence-electron chi connectivity index (χ0n) is 35.5. The molecule has 0 fully saturated rings. The van der Waals surface area contributed by atoms with E-state index in [9.17, 15) is 28.6 Å². The second-order valence-electron chi connectivity index (χ2n) is 13.8. The standard InChI is InChI=1S/C46H72NO11P/c1-3-5-7-9-11-12-13-14-15-16-17-18-19-20-21-22-24-28-33-37-45(50)58-42(39-56-59(53,54)57-40-43(47)46(51)52)38-55-44(49)36-32-29-25-27-31-35-41(48)34-30-26-23-10-8-6-4-2/h5,7,11-12,14-15,17-18,20-21,23-24,26,28,30,34,42-43H,3-4,6,8-10,13,16,19,22,25,27,29,31-33,35-40,47H2,1-2H3,(H,51,52)(H,53,54)/b7-5-,12-11-,15-14-,18-17-,21-20-,26-23-,28-24-,34-30+/t42-,43+/m1/s1. The van der Waals surface area contributed by atoms with Crippen molar-refractivity contribution in [3.05, 3.63) is 97.2 Å². The molecule has 0 aromatic carbocycles. The molecule has 0 aliphatic heterocycles. The molecule has 59 heavy (non-hydrogen) atoms. The first kappa shape index (κ1) is 55.1. The summed E-state index contributed by atoms with van der Waals surface area (Å²) < 4.78 is 32.5. The highest BCUT2D eigenvalue weighted by Gasteiger charge is 2.28. The third-order valence-electron chi connectivity index (χ3n) is 8.31. The molecule has 0 saturated heterocycles. The molecule has 332 valence electrons. The first-order chi connectivity index (χ1) is 28.5. The van der Waals surface area contributed by atoms with Gasteiger partial charge in [-0.05, 0) is 76.7 Å². The number of nitrogens with two attached hydrogens (primary N) is 1. The zero-order valence-corrected chi connectivity index (χ0v) is 36.4. The lowest BCUT2D eigenvalue weighted by Gasteiger charge is -2.20. The van der Waals surface area contributed by atoms with Gasteiger partial charge in [-0.15, -0.1) is 0 Å². The van der Waals surface area contributed by atoms with E-state index >= 15 is 0 Å². The van der Waals surface area contributed by atoms with Crippen LogP contribution in [0.3, 0.4) is 0 Å². The first-order valence-electron chi connectivity index (χ1n) is 21.2. The number of hydrogen-bond donors (Lipinski definition) is 3. The number of phosphoric ester groups is 1. The number of carboxylic acid groups (broad SMARTS) is 1.